The minimum Gasteiger partial charge on any atom is -0.491 e. The Kier molecular flexibility index (Phi) is 4.14. The highest BCUT2D eigenvalue weighted by Gasteiger charge is 2.21. The molecule has 2 heterocycles. The second-order valence-corrected chi connectivity index (χ2v) is 8.13. The first-order valence-electron chi connectivity index (χ1n) is 6.11. The van der Waals surface area contributed by atoms with Gasteiger partial charge in [-0.25, -0.2) is 0 Å². The highest BCUT2D eigenvalue weighted by molar-refractivity contribution is 9.12. The quantitative estimate of drug-likeness (QED) is 0.740. The molecule has 108 valence electrons. The van der Waals surface area contributed by atoms with Crippen LogP contribution in [0.1, 0.15) is 26.3 Å². The monoisotopic (exact) mass is 429 g/mol. The third-order valence-corrected chi connectivity index (χ3v) is 5.37. The molecular weight excluding hydrogens is 422 g/mol. The Hall–Kier alpha value is -1.18. The number of halogens is 2. The Labute approximate surface area is 141 Å². The minimum absolute atomic E-state index is 0.135. The first-order valence-corrected chi connectivity index (χ1v) is 8.51. The predicted octanol–water partition coefficient (Wildman–Crippen LogP) is 3.63. The van der Waals surface area contributed by atoms with E-state index in [1.165, 1.54) is 11.3 Å². The van der Waals surface area contributed by atoms with Gasteiger partial charge in [0.1, 0.15) is 12.4 Å². The van der Waals surface area contributed by atoms with Gasteiger partial charge in [0.15, 0.2) is 5.78 Å². The van der Waals surface area contributed by atoms with Gasteiger partial charge in [-0.3, -0.25) is 9.59 Å². The van der Waals surface area contributed by atoms with Gasteiger partial charge in [0.25, 0.3) is 5.91 Å². The average Bonchev–Trinajstić information content (AvgIpc) is 2.69. The zero-order valence-electron chi connectivity index (χ0n) is 10.6. The smallest absolute Gasteiger partial charge is 0.255 e. The summed E-state index contributed by atoms with van der Waals surface area (Å²) in [5, 5.41) is 2.73. The molecular formula is C14H9Br2NO3S. The van der Waals surface area contributed by atoms with Gasteiger partial charge < -0.3 is 10.1 Å². The van der Waals surface area contributed by atoms with Crippen LogP contribution in [0.25, 0.3) is 0 Å². The van der Waals surface area contributed by atoms with Gasteiger partial charge in [-0.05, 0) is 56.1 Å². The fraction of sp³-hybridized carbons (Fsp3) is 0.143. The fourth-order valence-electron chi connectivity index (χ4n) is 2.05. The summed E-state index contributed by atoms with van der Waals surface area (Å²) in [5.41, 5.74) is 1.42. The van der Waals surface area contributed by atoms with E-state index in [-0.39, 0.29) is 11.7 Å². The summed E-state index contributed by atoms with van der Waals surface area (Å²) in [4.78, 5) is 24.5. The van der Waals surface area contributed by atoms with E-state index in [4.69, 9.17) is 4.74 Å². The molecule has 1 aliphatic heterocycles. The maximum absolute atomic E-state index is 12.5. The van der Waals surface area contributed by atoms with Crippen molar-refractivity contribution in [2.24, 2.45) is 0 Å². The van der Waals surface area contributed by atoms with E-state index in [9.17, 15) is 9.59 Å². The van der Waals surface area contributed by atoms with E-state index in [1.54, 1.807) is 24.3 Å². The van der Waals surface area contributed by atoms with Crippen molar-refractivity contribution in [3.05, 3.63) is 48.5 Å². The van der Waals surface area contributed by atoms with E-state index >= 15 is 0 Å². The van der Waals surface area contributed by atoms with Crippen molar-refractivity contribution in [1.29, 1.82) is 0 Å². The molecule has 1 N–H and O–H groups in total. The van der Waals surface area contributed by atoms with Crippen LogP contribution in [0, 0.1) is 0 Å². The van der Waals surface area contributed by atoms with Crippen LogP contribution in [0.2, 0.25) is 0 Å². The van der Waals surface area contributed by atoms with Crippen molar-refractivity contribution in [1.82, 2.24) is 5.32 Å². The van der Waals surface area contributed by atoms with E-state index in [1.807, 2.05) is 0 Å². The molecule has 3 rings (SSSR count). The maximum atomic E-state index is 12.5. The van der Waals surface area contributed by atoms with Crippen molar-refractivity contribution < 1.29 is 14.3 Å². The summed E-state index contributed by atoms with van der Waals surface area (Å²) >= 11 is 8.17. The second kappa shape index (κ2) is 5.90. The summed E-state index contributed by atoms with van der Waals surface area (Å²) in [5.74, 6) is 0.151. The topological polar surface area (TPSA) is 55.4 Å². The number of fused-ring (bicyclic) bond motifs is 1. The molecule has 2 aromatic rings. The van der Waals surface area contributed by atoms with Crippen molar-refractivity contribution in [3.8, 4) is 5.75 Å². The summed E-state index contributed by atoms with van der Waals surface area (Å²) in [6.07, 6.45) is 0. The van der Waals surface area contributed by atoms with E-state index in [0.29, 0.717) is 35.6 Å². The van der Waals surface area contributed by atoms with Gasteiger partial charge in [-0.15, -0.1) is 11.3 Å². The predicted molar refractivity (Wildman–Crippen MR) is 87.4 cm³/mol. The summed E-state index contributed by atoms with van der Waals surface area (Å²) < 4.78 is 7.11. The molecule has 1 aromatic carbocycles. The minimum atomic E-state index is -0.220. The standard InChI is InChI=1S/C14H9Br2NO3S/c15-11-6-9(13(16)21-11)12(18)7-1-2-10-8(5-7)14(19)17-3-4-20-10/h1-2,5-6H,3-4H2,(H,17,19). The molecule has 0 fully saturated rings. The number of ketones is 1. The number of hydrogen-bond acceptors (Lipinski definition) is 4. The third-order valence-electron chi connectivity index (χ3n) is 3.03. The molecule has 0 spiro atoms. The Bertz CT molecular complexity index is 742. The van der Waals surface area contributed by atoms with Crippen LogP contribution < -0.4 is 10.1 Å². The summed E-state index contributed by atoms with van der Waals surface area (Å²) in [7, 11) is 0. The number of benzene rings is 1. The van der Waals surface area contributed by atoms with E-state index in [2.05, 4.69) is 37.2 Å². The molecule has 0 aliphatic carbocycles. The molecule has 4 nitrogen and oxygen atoms in total. The van der Waals surface area contributed by atoms with Gasteiger partial charge in [0.2, 0.25) is 0 Å². The van der Waals surface area contributed by atoms with E-state index in [0.717, 1.165) is 7.57 Å². The van der Waals surface area contributed by atoms with Crippen LogP contribution in [0.4, 0.5) is 0 Å². The lowest BCUT2D eigenvalue weighted by atomic mass is 10.0. The van der Waals surface area contributed by atoms with Crippen LogP contribution in [-0.2, 0) is 0 Å². The zero-order valence-corrected chi connectivity index (χ0v) is 14.6. The Morgan fingerprint density at radius 2 is 2.10 bits per heavy atom. The maximum Gasteiger partial charge on any atom is 0.255 e. The van der Waals surface area contributed by atoms with Crippen LogP contribution in [0.15, 0.2) is 31.8 Å². The van der Waals surface area contributed by atoms with Crippen molar-refractivity contribution in [2.75, 3.05) is 13.2 Å². The van der Waals surface area contributed by atoms with Gasteiger partial charge in [-0.2, -0.15) is 0 Å². The first-order chi connectivity index (χ1) is 10.1. The van der Waals surface area contributed by atoms with Crippen molar-refractivity contribution in [2.45, 2.75) is 0 Å². The number of thiophene rings is 1. The number of rotatable bonds is 2. The Balaban J connectivity index is 2.02. The number of amides is 1. The van der Waals surface area contributed by atoms with Gasteiger partial charge in [0.05, 0.1) is 19.7 Å². The van der Waals surface area contributed by atoms with Gasteiger partial charge in [0, 0.05) is 11.1 Å². The number of nitrogens with one attached hydrogen (secondary N) is 1. The molecule has 1 aromatic heterocycles. The molecule has 1 amide bonds. The number of ether oxygens (including phenoxy) is 1. The number of hydrogen-bond donors (Lipinski definition) is 1. The van der Waals surface area contributed by atoms with Crippen LogP contribution in [-0.4, -0.2) is 24.8 Å². The SMILES string of the molecule is O=C1NCCOc2ccc(C(=O)c3cc(Br)sc3Br)cc21. The number of carbonyl (C=O) groups excluding carboxylic acids is 2. The average molecular weight is 431 g/mol. The molecule has 0 saturated carbocycles. The van der Waals surface area contributed by atoms with Crippen LogP contribution in [0.5, 0.6) is 5.75 Å². The third kappa shape index (κ3) is 2.90. The largest absolute Gasteiger partial charge is 0.491 e. The second-order valence-electron chi connectivity index (χ2n) is 4.38. The fourth-order valence-corrected chi connectivity index (χ4v) is 4.84. The summed E-state index contributed by atoms with van der Waals surface area (Å²) in [6.45, 7) is 0.884. The molecule has 0 radical (unpaired) electrons. The van der Waals surface area contributed by atoms with Gasteiger partial charge >= 0.3 is 0 Å². The Morgan fingerprint density at radius 1 is 1.29 bits per heavy atom. The summed E-state index contributed by atoms with van der Waals surface area (Å²) in [6, 6.07) is 6.69. The highest BCUT2D eigenvalue weighted by atomic mass is 79.9. The molecule has 0 bridgehead atoms. The van der Waals surface area contributed by atoms with Crippen LogP contribution >= 0.6 is 43.2 Å². The molecule has 0 unspecified atom stereocenters. The molecule has 21 heavy (non-hydrogen) atoms. The van der Waals surface area contributed by atoms with Crippen LogP contribution in [0.3, 0.4) is 0 Å². The molecule has 0 atom stereocenters. The normalized spacial score (nSPS) is 13.9. The lowest BCUT2D eigenvalue weighted by molar-refractivity contribution is 0.0957. The lowest BCUT2D eigenvalue weighted by Gasteiger charge is -2.07. The Morgan fingerprint density at radius 3 is 2.81 bits per heavy atom. The number of carbonyl (C=O) groups is 2. The zero-order chi connectivity index (χ0) is 15.0. The molecule has 0 saturated heterocycles. The first kappa shape index (κ1) is 14.7. The van der Waals surface area contributed by atoms with Crippen molar-refractivity contribution in [3.63, 3.8) is 0 Å². The molecule has 1 aliphatic rings. The van der Waals surface area contributed by atoms with Gasteiger partial charge in [-0.1, -0.05) is 0 Å². The highest BCUT2D eigenvalue weighted by Crippen LogP contribution is 2.34. The van der Waals surface area contributed by atoms with E-state index < -0.39 is 0 Å². The lowest BCUT2D eigenvalue weighted by Crippen LogP contribution is -2.24. The molecule has 7 heteroatoms. The van der Waals surface area contributed by atoms with Crippen molar-refractivity contribution >= 4 is 54.9 Å².